The second-order valence-electron chi connectivity index (χ2n) is 4.43. The zero-order valence-corrected chi connectivity index (χ0v) is 9.10. The number of hydrogen-bond acceptors (Lipinski definition) is 2. The minimum Gasteiger partial charge on any atom is -0.481 e. The van der Waals surface area contributed by atoms with E-state index in [0.29, 0.717) is 12.5 Å². The lowest BCUT2D eigenvalue weighted by molar-refractivity contribution is -0.142. The molecule has 0 radical (unpaired) electrons. The Bertz CT molecular complexity index is 382. The fourth-order valence-electron chi connectivity index (χ4n) is 2.18. The zero-order chi connectivity index (χ0) is 11.0. The standard InChI is InChI=1S/C11H16N2O2/c1-7(2)13-10-5-8(11(14)15)3-4-9(10)6-12-13/h6-8H,3-5H2,1-2H3,(H,14,15)/t8-/m0/s1. The number of carbonyl (C=O) groups is 1. The smallest absolute Gasteiger partial charge is 0.306 e. The van der Waals surface area contributed by atoms with Crippen molar-refractivity contribution in [2.75, 3.05) is 0 Å². The number of nitrogens with zero attached hydrogens (tertiary/aromatic N) is 2. The minimum absolute atomic E-state index is 0.230. The van der Waals surface area contributed by atoms with Gasteiger partial charge >= 0.3 is 5.97 Å². The second-order valence-corrected chi connectivity index (χ2v) is 4.43. The van der Waals surface area contributed by atoms with Gasteiger partial charge in [0, 0.05) is 18.2 Å². The molecule has 1 aromatic rings. The molecule has 1 heterocycles. The van der Waals surface area contributed by atoms with E-state index in [9.17, 15) is 4.79 Å². The van der Waals surface area contributed by atoms with E-state index < -0.39 is 5.97 Å². The number of aliphatic carboxylic acids is 1. The highest BCUT2D eigenvalue weighted by Gasteiger charge is 2.27. The molecule has 1 N–H and O–H groups in total. The van der Waals surface area contributed by atoms with Crippen molar-refractivity contribution in [3.63, 3.8) is 0 Å². The number of fused-ring (bicyclic) bond motifs is 1. The average Bonchev–Trinajstić information content (AvgIpc) is 2.59. The minimum atomic E-state index is -0.683. The molecule has 0 aliphatic heterocycles. The highest BCUT2D eigenvalue weighted by atomic mass is 16.4. The molecule has 4 nitrogen and oxygen atoms in total. The van der Waals surface area contributed by atoms with Crippen LogP contribution in [0, 0.1) is 5.92 Å². The molecule has 1 aliphatic carbocycles. The molecule has 1 atom stereocenters. The molecule has 82 valence electrons. The lowest BCUT2D eigenvalue weighted by atomic mass is 9.88. The predicted molar refractivity (Wildman–Crippen MR) is 55.8 cm³/mol. The van der Waals surface area contributed by atoms with Gasteiger partial charge in [0.05, 0.1) is 12.1 Å². The van der Waals surface area contributed by atoms with E-state index in [-0.39, 0.29) is 5.92 Å². The van der Waals surface area contributed by atoms with Crippen LogP contribution in [0.5, 0.6) is 0 Å². The van der Waals surface area contributed by atoms with Crippen molar-refractivity contribution in [2.45, 2.75) is 39.2 Å². The average molecular weight is 208 g/mol. The quantitative estimate of drug-likeness (QED) is 0.804. The van der Waals surface area contributed by atoms with Gasteiger partial charge in [0.25, 0.3) is 0 Å². The van der Waals surface area contributed by atoms with E-state index in [2.05, 4.69) is 18.9 Å². The van der Waals surface area contributed by atoms with Gasteiger partial charge in [-0.05, 0) is 32.3 Å². The van der Waals surface area contributed by atoms with E-state index in [1.807, 2.05) is 10.9 Å². The fourth-order valence-corrected chi connectivity index (χ4v) is 2.18. The number of carboxylic acid groups (broad SMARTS) is 1. The van der Waals surface area contributed by atoms with Gasteiger partial charge in [-0.3, -0.25) is 9.48 Å². The third-order valence-corrected chi connectivity index (χ3v) is 3.03. The molecule has 0 amide bonds. The summed E-state index contributed by atoms with van der Waals surface area (Å²) in [6.45, 7) is 4.13. The lowest BCUT2D eigenvalue weighted by Crippen LogP contribution is -2.24. The van der Waals surface area contributed by atoms with Crippen LogP contribution in [0.2, 0.25) is 0 Å². The summed E-state index contributed by atoms with van der Waals surface area (Å²) in [5, 5.41) is 13.3. The Hall–Kier alpha value is -1.32. The number of hydrogen-bond donors (Lipinski definition) is 1. The summed E-state index contributed by atoms with van der Waals surface area (Å²) in [6.07, 6.45) is 4.10. The normalized spacial score (nSPS) is 20.3. The van der Waals surface area contributed by atoms with Gasteiger partial charge in [0.15, 0.2) is 0 Å². The molecule has 0 saturated heterocycles. The first-order valence-corrected chi connectivity index (χ1v) is 5.37. The largest absolute Gasteiger partial charge is 0.481 e. The first kappa shape index (κ1) is 10.2. The Labute approximate surface area is 88.9 Å². The summed E-state index contributed by atoms with van der Waals surface area (Å²) in [5.74, 6) is -0.913. The number of aromatic nitrogens is 2. The SMILES string of the molecule is CC(C)n1ncc2c1C[C@@H](C(=O)O)CC2. The highest BCUT2D eigenvalue weighted by Crippen LogP contribution is 2.27. The van der Waals surface area contributed by atoms with Gasteiger partial charge in [-0.2, -0.15) is 5.10 Å². The Kier molecular flexibility index (Phi) is 2.50. The summed E-state index contributed by atoms with van der Waals surface area (Å²) in [6, 6.07) is 0.307. The maximum absolute atomic E-state index is 10.9. The van der Waals surface area contributed by atoms with Crippen LogP contribution in [0.25, 0.3) is 0 Å². The Morgan fingerprint density at radius 1 is 1.67 bits per heavy atom. The molecule has 1 aliphatic rings. The third kappa shape index (κ3) is 1.76. The van der Waals surface area contributed by atoms with E-state index in [0.717, 1.165) is 18.5 Å². The van der Waals surface area contributed by atoms with Crippen molar-refractivity contribution in [3.05, 3.63) is 17.5 Å². The topological polar surface area (TPSA) is 55.1 Å². The monoisotopic (exact) mass is 208 g/mol. The molecule has 0 saturated carbocycles. The summed E-state index contributed by atoms with van der Waals surface area (Å²) < 4.78 is 1.95. The second kappa shape index (κ2) is 3.68. The Morgan fingerprint density at radius 2 is 2.40 bits per heavy atom. The Morgan fingerprint density at radius 3 is 3.00 bits per heavy atom. The zero-order valence-electron chi connectivity index (χ0n) is 9.10. The Balaban J connectivity index is 2.30. The van der Waals surface area contributed by atoms with Crippen LogP contribution in [-0.4, -0.2) is 20.9 Å². The van der Waals surface area contributed by atoms with Gasteiger partial charge < -0.3 is 5.11 Å². The van der Waals surface area contributed by atoms with Crippen LogP contribution < -0.4 is 0 Å². The first-order chi connectivity index (χ1) is 7.09. The molecular formula is C11H16N2O2. The summed E-state index contributed by atoms with van der Waals surface area (Å²) in [7, 11) is 0. The maximum atomic E-state index is 10.9. The number of rotatable bonds is 2. The van der Waals surface area contributed by atoms with Crippen molar-refractivity contribution >= 4 is 5.97 Å². The van der Waals surface area contributed by atoms with Crippen LogP contribution in [0.15, 0.2) is 6.20 Å². The van der Waals surface area contributed by atoms with Crippen LogP contribution in [0.1, 0.15) is 37.6 Å². The maximum Gasteiger partial charge on any atom is 0.306 e. The molecular weight excluding hydrogens is 192 g/mol. The molecule has 1 aromatic heterocycles. The van der Waals surface area contributed by atoms with Gasteiger partial charge in [-0.25, -0.2) is 0 Å². The lowest BCUT2D eigenvalue weighted by Gasteiger charge is -2.21. The molecule has 0 unspecified atom stereocenters. The van der Waals surface area contributed by atoms with Crippen LogP contribution in [-0.2, 0) is 17.6 Å². The van der Waals surface area contributed by atoms with Crippen molar-refractivity contribution in [1.82, 2.24) is 9.78 Å². The van der Waals surface area contributed by atoms with E-state index in [1.165, 1.54) is 5.56 Å². The van der Waals surface area contributed by atoms with Crippen molar-refractivity contribution < 1.29 is 9.90 Å². The first-order valence-electron chi connectivity index (χ1n) is 5.37. The van der Waals surface area contributed by atoms with Gasteiger partial charge in [-0.15, -0.1) is 0 Å². The van der Waals surface area contributed by atoms with Gasteiger partial charge in [-0.1, -0.05) is 0 Å². The van der Waals surface area contributed by atoms with Crippen molar-refractivity contribution in [1.29, 1.82) is 0 Å². The molecule has 0 fully saturated rings. The fraction of sp³-hybridized carbons (Fsp3) is 0.636. The van der Waals surface area contributed by atoms with Crippen LogP contribution in [0.3, 0.4) is 0 Å². The van der Waals surface area contributed by atoms with E-state index in [1.54, 1.807) is 0 Å². The molecule has 0 bridgehead atoms. The van der Waals surface area contributed by atoms with Crippen LogP contribution in [0.4, 0.5) is 0 Å². The highest BCUT2D eigenvalue weighted by molar-refractivity contribution is 5.70. The summed E-state index contributed by atoms with van der Waals surface area (Å²) in [5.41, 5.74) is 2.34. The third-order valence-electron chi connectivity index (χ3n) is 3.03. The van der Waals surface area contributed by atoms with Crippen molar-refractivity contribution in [2.24, 2.45) is 5.92 Å². The number of carboxylic acids is 1. The molecule has 4 heteroatoms. The molecule has 15 heavy (non-hydrogen) atoms. The van der Waals surface area contributed by atoms with Crippen LogP contribution >= 0.6 is 0 Å². The van der Waals surface area contributed by atoms with Gasteiger partial charge in [0.2, 0.25) is 0 Å². The van der Waals surface area contributed by atoms with E-state index >= 15 is 0 Å². The molecule has 2 rings (SSSR count). The summed E-state index contributed by atoms with van der Waals surface area (Å²) >= 11 is 0. The van der Waals surface area contributed by atoms with E-state index in [4.69, 9.17) is 5.11 Å². The predicted octanol–water partition coefficient (Wildman–Crippen LogP) is 1.65. The number of aryl methyl sites for hydroxylation is 1. The van der Waals surface area contributed by atoms with Gasteiger partial charge in [0.1, 0.15) is 0 Å². The molecule has 0 aromatic carbocycles. The molecule has 0 spiro atoms. The summed E-state index contributed by atoms with van der Waals surface area (Å²) in [4.78, 5) is 10.9. The van der Waals surface area contributed by atoms with Crippen molar-refractivity contribution in [3.8, 4) is 0 Å².